The van der Waals surface area contributed by atoms with Crippen LogP contribution in [0.1, 0.15) is 38.1 Å². The SMILES string of the molecule is CNc1nc(C)nc(N2CCC(C)CC2C)c1C. The minimum absolute atomic E-state index is 0.562. The van der Waals surface area contributed by atoms with E-state index in [9.17, 15) is 0 Å². The highest BCUT2D eigenvalue weighted by atomic mass is 15.2. The predicted octanol–water partition coefficient (Wildman–Crippen LogP) is 2.76. The topological polar surface area (TPSA) is 41.1 Å². The van der Waals surface area contributed by atoms with Crippen molar-refractivity contribution in [3.05, 3.63) is 11.4 Å². The van der Waals surface area contributed by atoms with Crippen molar-refractivity contribution in [3.8, 4) is 0 Å². The lowest BCUT2D eigenvalue weighted by molar-refractivity contribution is 0.375. The second-order valence-corrected chi connectivity index (χ2v) is 5.49. The fraction of sp³-hybridized carbons (Fsp3) is 0.714. The summed E-state index contributed by atoms with van der Waals surface area (Å²) < 4.78 is 0. The van der Waals surface area contributed by atoms with Crippen LogP contribution in [0.25, 0.3) is 0 Å². The molecule has 0 aliphatic carbocycles. The third kappa shape index (κ3) is 2.42. The molecule has 1 aliphatic heterocycles. The summed E-state index contributed by atoms with van der Waals surface area (Å²) in [4.78, 5) is 11.5. The Morgan fingerprint density at radius 3 is 2.56 bits per heavy atom. The minimum Gasteiger partial charge on any atom is -0.373 e. The average molecular weight is 248 g/mol. The van der Waals surface area contributed by atoms with E-state index in [2.05, 4.69) is 41.0 Å². The summed E-state index contributed by atoms with van der Waals surface area (Å²) in [5.74, 6) is 3.71. The van der Waals surface area contributed by atoms with Gasteiger partial charge in [-0.25, -0.2) is 9.97 Å². The maximum Gasteiger partial charge on any atom is 0.137 e. The van der Waals surface area contributed by atoms with Crippen LogP contribution < -0.4 is 10.2 Å². The van der Waals surface area contributed by atoms with Gasteiger partial charge >= 0.3 is 0 Å². The predicted molar refractivity (Wildman–Crippen MR) is 76.3 cm³/mol. The summed E-state index contributed by atoms with van der Waals surface area (Å²) in [6.07, 6.45) is 2.50. The first-order valence-electron chi connectivity index (χ1n) is 6.82. The largest absolute Gasteiger partial charge is 0.373 e. The van der Waals surface area contributed by atoms with Crippen molar-refractivity contribution >= 4 is 11.6 Å². The summed E-state index contributed by atoms with van der Waals surface area (Å²) in [7, 11) is 1.92. The zero-order chi connectivity index (χ0) is 13.3. The first kappa shape index (κ1) is 13.1. The molecule has 0 aromatic carbocycles. The van der Waals surface area contributed by atoms with E-state index < -0.39 is 0 Å². The molecular formula is C14H24N4. The monoisotopic (exact) mass is 248 g/mol. The van der Waals surface area contributed by atoms with Gasteiger partial charge in [0.1, 0.15) is 17.5 Å². The van der Waals surface area contributed by atoms with Gasteiger partial charge in [0.25, 0.3) is 0 Å². The second kappa shape index (κ2) is 5.12. The third-order valence-corrected chi connectivity index (χ3v) is 3.88. The Morgan fingerprint density at radius 2 is 1.94 bits per heavy atom. The molecule has 2 unspecified atom stereocenters. The molecule has 4 nitrogen and oxygen atoms in total. The summed E-state index contributed by atoms with van der Waals surface area (Å²) in [5.41, 5.74) is 1.16. The number of hydrogen-bond donors (Lipinski definition) is 1. The van der Waals surface area contributed by atoms with E-state index in [1.165, 1.54) is 12.8 Å². The van der Waals surface area contributed by atoms with Crippen LogP contribution in [0, 0.1) is 19.8 Å². The van der Waals surface area contributed by atoms with Gasteiger partial charge in [0.05, 0.1) is 0 Å². The van der Waals surface area contributed by atoms with Crippen LogP contribution in [0.5, 0.6) is 0 Å². The normalized spacial score (nSPS) is 24.2. The zero-order valence-electron chi connectivity index (χ0n) is 12.1. The Labute approximate surface area is 110 Å². The van der Waals surface area contributed by atoms with Gasteiger partial charge in [0.15, 0.2) is 0 Å². The molecule has 2 atom stereocenters. The van der Waals surface area contributed by atoms with Crippen molar-refractivity contribution in [1.29, 1.82) is 0 Å². The molecule has 0 radical (unpaired) electrons. The lowest BCUT2D eigenvalue weighted by Crippen LogP contribution is -2.41. The van der Waals surface area contributed by atoms with Crippen molar-refractivity contribution in [2.45, 2.75) is 46.6 Å². The Balaban J connectivity index is 2.35. The molecule has 4 heteroatoms. The molecule has 1 N–H and O–H groups in total. The van der Waals surface area contributed by atoms with Gasteiger partial charge in [-0.2, -0.15) is 0 Å². The first-order valence-corrected chi connectivity index (χ1v) is 6.82. The number of rotatable bonds is 2. The number of nitrogens with one attached hydrogen (secondary N) is 1. The van der Waals surface area contributed by atoms with Crippen molar-refractivity contribution in [2.24, 2.45) is 5.92 Å². The van der Waals surface area contributed by atoms with Gasteiger partial charge in [-0.1, -0.05) is 6.92 Å². The minimum atomic E-state index is 0.562. The molecule has 1 fully saturated rings. The molecule has 18 heavy (non-hydrogen) atoms. The number of anilines is 2. The molecule has 1 aromatic rings. The molecule has 100 valence electrons. The highest BCUT2D eigenvalue weighted by molar-refractivity contribution is 5.59. The molecule has 2 heterocycles. The van der Waals surface area contributed by atoms with Crippen LogP contribution in [0.15, 0.2) is 0 Å². The number of hydrogen-bond acceptors (Lipinski definition) is 4. The number of aryl methyl sites for hydroxylation is 1. The first-order chi connectivity index (χ1) is 8.52. The van der Waals surface area contributed by atoms with Gasteiger partial charge in [0, 0.05) is 25.2 Å². The summed E-state index contributed by atoms with van der Waals surface area (Å²) >= 11 is 0. The van der Waals surface area contributed by atoms with E-state index in [1.807, 2.05) is 14.0 Å². The van der Waals surface area contributed by atoms with E-state index >= 15 is 0 Å². The second-order valence-electron chi connectivity index (χ2n) is 5.49. The van der Waals surface area contributed by atoms with Gasteiger partial charge in [-0.05, 0) is 39.5 Å². The Bertz CT molecular complexity index is 430. The van der Waals surface area contributed by atoms with E-state index in [0.717, 1.165) is 35.5 Å². The quantitative estimate of drug-likeness (QED) is 0.873. The van der Waals surface area contributed by atoms with Crippen LogP contribution in [0.4, 0.5) is 11.6 Å². The maximum absolute atomic E-state index is 4.66. The van der Waals surface area contributed by atoms with Crippen LogP contribution in [-0.4, -0.2) is 29.6 Å². The molecule has 0 saturated carbocycles. The van der Waals surface area contributed by atoms with Crippen molar-refractivity contribution in [2.75, 3.05) is 23.8 Å². The number of aromatic nitrogens is 2. The van der Waals surface area contributed by atoms with E-state index in [-0.39, 0.29) is 0 Å². The summed E-state index contributed by atoms with van der Waals surface area (Å²) in [6.45, 7) is 9.80. The Hall–Kier alpha value is -1.32. The molecular weight excluding hydrogens is 224 g/mol. The summed E-state index contributed by atoms with van der Waals surface area (Å²) in [6, 6.07) is 0.562. The van der Waals surface area contributed by atoms with E-state index in [1.54, 1.807) is 0 Å². The molecule has 0 bridgehead atoms. The van der Waals surface area contributed by atoms with Crippen LogP contribution in [0.2, 0.25) is 0 Å². The number of piperidine rings is 1. The standard InChI is InChI=1S/C14H24N4/c1-9-6-7-18(10(2)8-9)14-11(3)13(15-5)16-12(4)17-14/h9-10H,6-8H2,1-5H3,(H,15,16,17). The fourth-order valence-corrected chi connectivity index (χ4v) is 2.86. The van der Waals surface area contributed by atoms with Gasteiger partial charge in [-0.3, -0.25) is 0 Å². The lowest BCUT2D eigenvalue weighted by atomic mass is 9.93. The molecule has 1 saturated heterocycles. The Morgan fingerprint density at radius 1 is 1.22 bits per heavy atom. The summed E-state index contributed by atoms with van der Waals surface area (Å²) in [5, 5.41) is 3.16. The molecule has 0 amide bonds. The van der Waals surface area contributed by atoms with Gasteiger partial charge < -0.3 is 10.2 Å². The maximum atomic E-state index is 4.66. The van der Waals surface area contributed by atoms with Crippen molar-refractivity contribution < 1.29 is 0 Å². The molecule has 2 rings (SSSR count). The van der Waals surface area contributed by atoms with E-state index in [0.29, 0.717) is 6.04 Å². The van der Waals surface area contributed by atoms with Crippen LogP contribution >= 0.6 is 0 Å². The molecule has 1 aromatic heterocycles. The lowest BCUT2D eigenvalue weighted by Gasteiger charge is -2.38. The smallest absolute Gasteiger partial charge is 0.137 e. The highest BCUT2D eigenvalue weighted by Gasteiger charge is 2.26. The zero-order valence-corrected chi connectivity index (χ0v) is 12.1. The molecule has 0 spiro atoms. The molecule has 1 aliphatic rings. The van der Waals surface area contributed by atoms with Crippen LogP contribution in [0.3, 0.4) is 0 Å². The average Bonchev–Trinajstić information content (AvgIpc) is 2.32. The third-order valence-electron chi connectivity index (χ3n) is 3.88. The van der Waals surface area contributed by atoms with Gasteiger partial charge in [-0.15, -0.1) is 0 Å². The number of nitrogens with zero attached hydrogens (tertiary/aromatic N) is 3. The van der Waals surface area contributed by atoms with E-state index in [4.69, 9.17) is 0 Å². The van der Waals surface area contributed by atoms with Crippen LogP contribution in [-0.2, 0) is 0 Å². The fourth-order valence-electron chi connectivity index (χ4n) is 2.86. The van der Waals surface area contributed by atoms with Gasteiger partial charge in [0.2, 0.25) is 0 Å². The van der Waals surface area contributed by atoms with Crippen molar-refractivity contribution in [1.82, 2.24) is 9.97 Å². The van der Waals surface area contributed by atoms with Crippen molar-refractivity contribution in [3.63, 3.8) is 0 Å². The highest BCUT2D eigenvalue weighted by Crippen LogP contribution is 2.30. The Kier molecular flexibility index (Phi) is 3.73.